The number of nitrogens with one attached hydrogen (secondary N) is 1. The first-order chi connectivity index (χ1) is 16.0. The lowest BCUT2D eigenvalue weighted by Gasteiger charge is -2.21. The predicted octanol–water partition coefficient (Wildman–Crippen LogP) is 4.09. The van der Waals surface area contributed by atoms with Crippen molar-refractivity contribution in [1.29, 1.82) is 0 Å². The molecule has 5 rings (SSSR count). The van der Waals surface area contributed by atoms with E-state index in [9.17, 15) is 14.7 Å². The van der Waals surface area contributed by atoms with Crippen LogP contribution in [0.3, 0.4) is 0 Å². The smallest absolute Gasteiger partial charge is 0.326 e. The molecule has 0 spiro atoms. The topological polar surface area (TPSA) is 105 Å². The third kappa shape index (κ3) is 3.34. The van der Waals surface area contributed by atoms with Crippen LogP contribution < -0.4 is 9.47 Å². The molecular formula is C25H23N3O5. The molecule has 8 nitrogen and oxygen atoms in total. The molecule has 0 aliphatic carbocycles. The Balaban J connectivity index is 1.77. The molecule has 1 unspecified atom stereocenters. The number of methoxy groups -OCH3 is 2. The van der Waals surface area contributed by atoms with E-state index < -0.39 is 17.9 Å². The zero-order valence-electron chi connectivity index (χ0n) is 18.3. The predicted molar refractivity (Wildman–Crippen MR) is 124 cm³/mol. The number of pyridine rings is 1. The minimum atomic E-state index is -0.997. The fraction of sp³-hybridized carbons (Fsp3) is 0.240. The summed E-state index contributed by atoms with van der Waals surface area (Å²) in [5.74, 6) is -0.344. The van der Waals surface area contributed by atoms with Gasteiger partial charge in [-0.15, -0.1) is 0 Å². The number of H-pyrrole nitrogens is 1. The van der Waals surface area contributed by atoms with Crippen LogP contribution in [0.15, 0.2) is 48.5 Å². The SMILES string of the molecule is COc1cccc(-c2nc(C(=O)N3CCCC3C(=O)O)cc3c2[nH]c2ccccc23)c1OC. The number of ether oxygens (including phenoxy) is 2. The monoisotopic (exact) mass is 445 g/mol. The van der Waals surface area contributed by atoms with E-state index in [1.54, 1.807) is 26.4 Å². The zero-order chi connectivity index (χ0) is 23.1. The Labute approximate surface area is 189 Å². The van der Waals surface area contributed by atoms with Crippen LogP contribution in [0.2, 0.25) is 0 Å². The van der Waals surface area contributed by atoms with Gasteiger partial charge in [0.1, 0.15) is 11.7 Å². The van der Waals surface area contributed by atoms with E-state index in [1.165, 1.54) is 4.90 Å². The summed E-state index contributed by atoms with van der Waals surface area (Å²) < 4.78 is 11.1. The van der Waals surface area contributed by atoms with Crippen LogP contribution in [0, 0.1) is 0 Å². The number of carbonyl (C=O) groups excluding carboxylic acids is 1. The van der Waals surface area contributed by atoms with Gasteiger partial charge in [-0.05, 0) is 37.1 Å². The molecule has 3 heterocycles. The van der Waals surface area contributed by atoms with Crippen LogP contribution >= 0.6 is 0 Å². The molecule has 1 aliphatic heterocycles. The number of aromatic amines is 1. The molecule has 2 aromatic carbocycles. The molecule has 1 amide bonds. The summed E-state index contributed by atoms with van der Waals surface area (Å²) in [7, 11) is 3.12. The number of likely N-dealkylation sites (tertiary alicyclic amines) is 1. The molecular weight excluding hydrogens is 422 g/mol. The number of carboxylic acid groups (broad SMARTS) is 1. The third-order valence-corrected chi connectivity index (χ3v) is 6.17. The lowest BCUT2D eigenvalue weighted by molar-refractivity contribution is -0.141. The first kappa shape index (κ1) is 20.8. The number of nitrogens with zero attached hydrogens (tertiary/aromatic N) is 2. The molecule has 0 saturated carbocycles. The van der Waals surface area contributed by atoms with Gasteiger partial charge in [-0.1, -0.05) is 24.3 Å². The highest BCUT2D eigenvalue weighted by Crippen LogP contribution is 2.41. The van der Waals surface area contributed by atoms with E-state index >= 15 is 0 Å². The highest BCUT2D eigenvalue weighted by Gasteiger charge is 2.35. The molecule has 2 N–H and O–H groups in total. The summed E-state index contributed by atoms with van der Waals surface area (Å²) in [4.78, 5) is 34.7. The Morgan fingerprint density at radius 3 is 2.67 bits per heavy atom. The number of amides is 1. The fourth-order valence-electron chi connectivity index (χ4n) is 4.64. The maximum atomic E-state index is 13.5. The number of carboxylic acids is 1. The van der Waals surface area contributed by atoms with Crippen molar-refractivity contribution in [3.05, 3.63) is 54.2 Å². The van der Waals surface area contributed by atoms with Gasteiger partial charge < -0.3 is 24.5 Å². The van der Waals surface area contributed by atoms with Crippen LogP contribution in [0.4, 0.5) is 0 Å². The Morgan fingerprint density at radius 1 is 1.09 bits per heavy atom. The van der Waals surface area contributed by atoms with E-state index in [0.717, 1.165) is 21.8 Å². The molecule has 0 radical (unpaired) electrons. The van der Waals surface area contributed by atoms with Gasteiger partial charge in [0, 0.05) is 28.4 Å². The van der Waals surface area contributed by atoms with Gasteiger partial charge in [-0.2, -0.15) is 0 Å². The van der Waals surface area contributed by atoms with Crippen LogP contribution in [0.1, 0.15) is 23.3 Å². The first-order valence-corrected chi connectivity index (χ1v) is 10.7. The van der Waals surface area contributed by atoms with Crippen LogP contribution in [0.5, 0.6) is 11.5 Å². The van der Waals surface area contributed by atoms with Crippen molar-refractivity contribution >= 4 is 33.7 Å². The average Bonchev–Trinajstić information content (AvgIpc) is 3.47. The number of hydrogen-bond acceptors (Lipinski definition) is 5. The summed E-state index contributed by atoms with van der Waals surface area (Å²) in [6, 6.07) is 14.2. The molecule has 0 bridgehead atoms. The van der Waals surface area contributed by atoms with Gasteiger partial charge in [0.15, 0.2) is 11.5 Å². The molecule has 1 saturated heterocycles. The highest BCUT2D eigenvalue weighted by atomic mass is 16.5. The van der Waals surface area contributed by atoms with Gasteiger partial charge in [0.25, 0.3) is 5.91 Å². The summed E-state index contributed by atoms with van der Waals surface area (Å²) in [6.07, 6.45) is 1.08. The second kappa shape index (κ2) is 8.12. The van der Waals surface area contributed by atoms with E-state index in [2.05, 4.69) is 4.98 Å². The lowest BCUT2D eigenvalue weighted by Crippen LogP contribution is -2.40. The second-order valence-corrected chi connectivity index (χ2v) is 7.99. The van der Waals surface area contributed by atoms with E-state index in [0.29, 0.717) is 42.1 Å². The Morgan fingerprint density at radius 2 is 1.91 bits per heavy atom. The van der Waals surface area contributed by atoms with E-state index in [1.807, 2.05) is 36.4 Å². The maximum absolute atomic E-state index is 13.5. The maximum Gasteiger partial charge on any atom is 0.326 e. The molecule has 33 heavy (non-hydrogen) atoms. The van der Waals surface area contributed by atoms with Gasteiger partial charge in [-0.3, -0.25) is 4.79 Å². The molecule has 4 aromatic rings. The lowest BCUT2D eigenvalue weighted by atomic mass is 10.0. The number of carbonyl (C=O) groups is 2. The molecule has 1 atom stereocenters. The second-order valence-electron chi connectivity index (χ2n) is 7.99. The number of benzene rings is 2. The van der Waals surface area contributed by atoms with Gasteiger partial charge in [-0.25, -0.2) is 9.78 Å². The van der Waals surface area contributed by atoms with Gasteiger partial charge in [0.05, 0.1) is 25.4 Å². The van der Waals surface area contributed by atoms with E-state index in [4.69, 9.17) is 14.5 Å². The van der Waals surface area contributed by atoms with Crippen molar-refractivity contribution in [3.63, 3.8) is 0 Å². The van der Waals surface area contributed by atoms with Crippen molar-refractivity contribution in [1.82, 2.24) is 14.9 Å². The Hall–Kier alpha value is -4.07. The highest BCUT2D eigenvalue weighted by molar-refractivity contribution is 6.13. The number of para-hydroxylation sites is 2. The van der Waals surface area contributed by atoms with Crippen molar-refractivity contribution in [2.45, 2.75) is 18.9 Å². The number of aliphatic carboxylic acids is 1. The minimum Gasteiger partial charge on any atom is -0.493 e. The summed E-state index contributed by atoms with van der Waals surface area (Å²) in [5.41, 5.74) is 3.07. The number of aromatic nitrogens is 2. The van der Waals surface area contributed by atoms with Crippen LogP contribution in [-0.4, -0.2) is 58.7 Å². The number of hydrogen-bond donors (Lipinski definition) is 2. The van der Waals surface area contributed by atoms with Crippen molar-refractivity contribution in [3.8, 4) is 22.8 Å². The normalized spacial score (nSPS) is 15.8. The molecule has 168 valence electrons. The third-order valence-electron chi connectivity index (χ3n) is 6.17. The largest absolute Gasteiger partial charge is 0.493 e. The summed E-state index contributed by atoms with van der Waals surface area (Å²) in [5, 5.41) is 11.3. The van der Waals surface area contributed by atoms with E-state index in [-0.39, 0.29) is 5.69 Å². The summed E-state index contributed by atoms with van der Waals surface area (Å²) >= 11 is 0. The molecule has 2 aromatic heterocycles. The first-order valence-electron chi connectivity index (χ1n) is 10.7. The van der Waals surface area contributed by atoms with Gasteiger partial charge in [0.2, 0.25) is 0 Å². The van der Waals surface area contributed by atoms with Crippen molar-refractivity contribution < 1.29 is 24.2 Å². The van der Waals surface area contributed by atoms with Gasteiger partial charge >= 0.3 is 5.97 Å². The Kier molecular flexibility index (Phi) is 5.12. The fourth-order valence-corrected chi connectivity index (χ4v) is 4.64. The zero-order valence-corrected chi connectivity index (χ0v) is 18.3. The minimum absolute atomic E-state index is 0.195. The standard InChI is InChI=1S/C25H23N3O5/c1-32-20-11-5-8-15(23(20)33-2)21-22-16(14-7-3-4-9-17(14)26-22)13-18(27-21)24(29)28-12-6-10-19(28)25(30)31/h3-5,7-9,11,13,19,26H,6,10,12H2,1-2H3,(H,30,31). The van der Waals surface area contributed by atoms with Crippen molar-refractivity contribution in [2.75, 3.05) is 20.8 Å². The Bertz CT molecular complexity index is 1390. The molecule has 8 heteroatoms. The molecule has 1 aliphatic rings. The quantitative estimate of drug-likeness (QED) is 0.479. The van der Waals surface area contributed by atoms with Crippen molar-refractivity contribution in [2.24, 2.45) is 0 Å². The van der Waals surface area contributed by atoms with Crippen LogP contribution in [-0.2, 0) is 4.79 Å². The molecule has 1 fully saturated rings. The summed E-state index contributed by atoms with van der Waals surface area (Å²) in [6.45, 7) is 0.390. The number of fused-ring (bicyclic) bond motifs is 3. The average molecular weight is 445 g/mol. The number of rotatable bonds is 5. The van der Waals surface area contributed by atoms with Crippen LogP contribution in [0.25, 0.3) is 33.1 Å².